The minimum atomic E-state index is -0.588. The molecule has 1 N–H and O–H groups in total. The SMILES string of the molecule is COC(=O)/C(=C\c1ccc(I)cc1)CNC(=O)OC(C)(C)C. The van der Waals surface area contributed by atoms with E-state index in [1.807, 2.05) is 24.3 Å². The summed E-state index contributed by atoms with van der Waals surface area (Å²) in [6.45, 7) is 5.35. The van der Waals surface area contributed by atoms with E-state index < -0.39 is 17.7 Å². The van der Waals surface area contributed by atoms with Crippen LogP contribution in [0.4, 0.5) is 4.79 Å². The Kier molecular flexibility index (Phi) is 6.86. The summed E-state index contributed by atoms with van der Waals surface area (Å²) in [7, 11) is 1.30. The summed E-state index contributed by atoms with van der Waals surface area (Å²) in [5.74, 6) is -0.491. The quantitative estimate of drug-likeness (QED) is 0.464. The fraction of sp³-hybridized carbons (Fsp3) is 0.375. The molecule has 0 spiro atoms. The predicted molar refractivity (Wildman–Crippen MR) is 93.4 cm³/mol. The lowest BCUT2D eigenvalue weighted by Crippen LogP contribution is -2.34. The van der Waals surface area contributed by atoms with E-state index in [1.54, 1.807) is 26.8 Å². The number of rotatable bonds is 4. The number of alkyl carbamates (subject to hydrolysis) is 1. The molecule has 120 valence electrons. The highest BCUT2D eigenvalue weighted by molar-refractivity contribution is 14.1. The van der Waals surface area contributed by atoms with Crippen LogP contribution in [0, 0.1) is 3.57 Å². The second-order valence-corrected chi connectivity index (χ2v) is 6.81. The molecular formula is C16H20INO4. The molecule has 0 heterocycles. The van der Waals surface area contributed by atoms with Crippen molar-refractivity contribution in [1.82, 2.24) is 5.32 Å². The molecule has 1 rings (SSSR count). The Hall–Kier alpha value is -1.57. The van der Waals surface area contributed by atoms with Gasteiger partial charge in [0.25, 0.3) is 0 Å². The Balaban J connectivity index is 2.79. The van der Waals surface area contributed by atoms with Crippen molar-refractivity contribution in [1.29, 1.82) is 0 Å². The number of carbonyl (C=O) groups excluding carboxylic acids is 2. The summed E-state index contributed by atoms with van der Waals surface area (Å²) in [5.41, 5.74) is 0.608. The van der Waals surface area contributed by atoms with Crippen molar-refractivity contribution in [2.45, 2.75) is 26.4 Å². The van der Waals surface area contributed by atoms with Gasteiger partial charge in [0, 0.05) is 3.57 Å². The normalized spacial score (nSPS) is 11.8. The molecule has 5 nitrogen and oxygen atoms in total. The number of benzene rings is 1. The van der Waals surface area contributed by atoms with Crippen LogP contribution in [0.3, 0.4) is 0 Å². The van der Waals surface area contributed by atoms with Gasteiger partial charge in [0.05, 0.1) is 19.2 Å². The first-order valence-corrected chi connectivity index (χ1v) is 7.80. The maximum absolute atomic E-state index is 11.8. The van der Waals surface area contributed by atoms with Gasteiger partial charge in [-0.1, -0.05) is 12.1 Å². The number of ether oxygens (including phenoxy) is 2. The monoisotopic (exact) mass is 417 g/mol. The Bertz CT molecular complexity index is 559. The van der Waals surface area contributed by atoms with Crippen LogP contribution in [0.25, 0.3) is 6.08 Å². The number of esters is 1. The highest BCUT2D eigenvalue weighted by atomic mass is 127. The Morgan fingerprint density at radius 3 is 2.32 bits per heavy atom. The van der Waals surface area contributed by atoms with Crippen molar-refractivity contribution in [2.24, 2.45) is 0 Å². The van der Waals surface area contributed by atoms with Gasteiger partial charge in [-0.3, -0.25) is 0 Å². The molecule has 0 fully saturated rings. The van der Waals surface area contributed by atoms with Crippen molar-refractivity contribution in [3.05, 3.63) is 39.0 Å². The predicted octanol–water partition coefficient (Wildman–Crippen LogP) is 3.37. The van der Waals surface area contributed by atoms with Gasteiger partial charge in [-0.15, -0.1) is 0 Å². The molecule has 0 aliphatic heterocycles. The Morgan fingerprint density at radius 2 is 1.82 bits per heavy atom. The van der Waals surface area contributed by atoms with E-state index in [0.717, 1.165) is 9.13 Å². The van der Waals surface area contributed by atoms with Gasteiger partial charge in [0.2, 0.25) is 0 Å². The van der Waals surface area contributed by atoms with Gasteiger partial charge in [-0.05, 0) is 67.1 Å². The van der Waals surface area contributed by atoms with E-state index in [1.165, 1.54) is 7.11 Å². The molecule has 0 aliphatic carbocycles. The molecule has 0 saturated carbocycles. The topological polar surface area (TPSA) is 64.6 Å². The lowest BCUT2D eigenvalue weighted by Gasteiger charge is -2.19. The second-order valence-electron chi connectivity index (χ2n) is 5.57. The number of carbonyl (C=O) groups is 2. The molecule has 0 saturated heterocycles. The molecule has 0 radical (unpaired) electrons. The smallest absolute Gasteiger partial charge is 0.407 e. The lowest BCUT2D eigenvalue weighted by atomic mass is 10.1. The molecule has 0 unspecified atom stereocenters. The highest BCUT2D eigenvalue weighted by Crippen LogP contribution is 2.12. The molecule has 6 heteroatoms. The molecule has 0 aliphatic rings. The van der Waals surface area contributed by atoms with Crippen LogP contribution in [0.1, 0.15) is 26.3 Å². The number of hydrogen-bond donors (Lipinski definition) is 1. The summed E-state index contributed by atoms with van der Waals surface area (Å²) >= 11 is 2.20. The van der Waals surface area contributed by atoms with Crippen LogP contribution in [-0.2, 0) is 14.3 Å². The third-order valence-corrected chi connectivity index (χ3v) is 3.20. The van der Waals surface area contributed by atoms with Crippen LogP contribution in [0.5, 0.6) is 0 Å². The summed E-state index contributed by atoms with van der Waals surface area (Å²) in [5, 5.41) is 2.55. The largest absolute Gasteiger partial charge is 0.466 e. The van der Waals surface area contributed by atoms with Crippen molar-refractivity contribution in [3.8, 4) is 0 Å². The molecule has 22 heavy (non-hydrogen) atoms. The zero-order valence-electron chi connectivity index (χ0n) is 13.1. The van der Waals surface area contributed by atoms with Crippen LogP contribution in [-0.4, -0.2) is 31.3 Å². The fourth-order valence-corrected chi connectivity index (χ4v) is 1.91. The molecule has 0 aromatic heterocycles. The van der Waals surface area contributed by atoms with Crippen LogP contribution >= 0.6 is 22.6 Å². The first kappa shape index (κ1) is 18.5. The van der Waals surface area contributed by atoms with Crippen LogP contribution < -0.4 is 5.32 Å². The van der Waals surface area contributed by atoms with E-state index in [2.05, 4.69) is 27.9 Å². The highest BCUT2D eigenvalue weighted by Gasteiger charge is 2.17. The second kappa shape index (κ2) is 8.17. The van der Waals surface area contributed by atoms with Gasteiger partial charge >= 0.3 is 12.1 Å². The zero-order chi connectivity index (χ0) is 16.8. The maximum atomic E-state index is 11.8. The van der Waals surface area contributed by atoms with Crippen molar-refractivity contribution in [2.75, 3.05) is 13.7 Å². The standard InChI is InChI=1S/C16H20INO4/c1-16(2,3)22-15(20)18-10-12(14(19)21-4)9-11-5-7-13(17)8-6-11/h5-9H,10H2,1-4H3,(H,18,20)/b12-9-. The lowest BCUT2D eigenvalue weighted by molar-refractivity contribution is -0.136. The van der Waals surface area contributed by atoms with Crippen molar-refractivity contribution >= 4 is 40.7 Å². The molecule has 0 bridgehead atoms. The minimum Gasteiger partial charge on any atom is -0.466 e. The fourth-order valence-electron chi connectivity index (χ4n) is 1.55. The van der Waals surface area contributed by atoms with E-state index in [0.29, 0.717) is 5.57 Å². The van der Waals surface area contributed by atoms with Gasteiger partial charge in [0.15, 0.2) is 0 Å². The Labute approximate surface area is 144 Å². The number of halogens is 1. The summed E-state index contributed by atoms with van der Waals surface area (Å²) in [6.07, 6.45) is 1.10. The molecule has 1 amide bonds. The Morgan fingerprint density at radius 1 is 1.23 bits per heavy atom. The van der Waals surface area contributed by atoms with Gasteiger partial charge in [-0.2, -0.15) is 0 Å². The molecule has 0 atom stereocenters. The summed E-state index contributed by atoms with van der Waals surface area (Å²) in [4.78, 5) is 23.5. The molecule has 1 aromatic carbocycles. The van der Waals surface area contributed by atoms with E-state index in [4.69, 9.17) is 9.47 Å². The average molecular weight is 417 g/mol. The zero-order valence-corrected chi connectivity index (χ0v) is 15.3. The minimum absolute atomic E-state index is 0.0353. The van der Waals surface area contributed by atoms with E-state index in [-0.39, 0.29) is 6.54 Å². The number of hydrogen-bond acceptors (Lipinski definition) is 4. The van der Waals surface area contributed by atoms with Gasteiger partial charge in [-0.25, -0.2) is 9.59 Å². The molecular weight excluding hydrogens is 397 g/mol. The average Bonchev–Trinajstić information content (AvgIpc) is 2.42. The third-order valence-electron chi connectivity index (χ3n) is 2.48. The van der Waals surface area contributed by atoms with Crippen molar-refractivity contribution < 1.29 is 19.1 Å². The van der Waals surface area contributed by atoms with Crippen LogP contribution in [0.2, 0.25) is 0 Å². The van der Waals surface area contributed by atoms with Crippen LogP contribution in [0.15, 0.2) is 29.8 Å². The molecule has 1 aromatic rings. The van der Waals surface area contributed by atoms with Gasteiger partial charge in [0.1, 0.15) is 5.60 Å². The number of methoxy groups -OCH3 is 1. The van der Waals surface area contributed by atoms with Gasteiger partial charge < -0.3 is 14.8 Å². The maximum Gasteiger partial charge on any atom is 0.407 e. The van der Waals surface area contributed by atoms with Crippen molar-refractivity contribution in [3.63, 3.8) is 0 Å². The van der Waals surface area contributed by atoms with E-state index in [9.17, 15) is 9.59 Å². The van der Waals surface area contributed by atoms with E-state index >= 15 is 0 Å². The first-order valence-electron chi connectivity index (χ1n) is 6.72. The summed E-state index contributed by atoms with van der Waals surface area (Å²) < 4.78 is 11.0. The third kappa shape index (κ3) is 6.93. The first-order chi connectivity index (χ1) is 10.2. The summed E-state index contributed by atoms with van der Waals surface area (Å²) in [6, 6.07) is 7.64. The number of amides is 1. The number of nitrogens with one attached hydrogen (secondary N) is 1.